The van der Waals surface area contributed by atoms with Gasteiger partial charge in [0.2, 0.25) is 0 Å². The fraction of sp³-hybridized carbons (Fsp3) is 0.500. The third kappa shape index (κ3) is 1.09. The van der Waals surface area contributed by atoms with E-state index >= 15 is 0 Å². The van der Waals surface area contributed by atoms with Crippen LogP contribution in [0.5, 0.6) is 0 Å². The van der Waals surface area contributed by atoms with E-state index in [0.717, 1.165) is 5.76 Å². The standard InChI is InChI=1S/C8H8Br2O/c1-5-7(8(5,9)10)6-3-2-4-11-6/h2-5,7H,1H3. The van der Waals surface area contributed by atoms with Gasteiger partial charge in [0.1, 0.15) is 5.76 Å². The van der Waals surface area contributed by atoms with Crippen molar-refractivity contribution >= 4 is 31.9 Å². The first-order valence-electron chi connectivity index (χ1n) is 3.55. The summed E-state index contributed by atoms with van der Waals surface area (Å²) in [4.78, 5) is 0. The van der Waals surface area contributed by atoms with Crippen LogP contribution in [0.2, 0.25) is 0 Å². The average Bonchev–Trinajstić information content (AvgIpc) is 2.40. The largest absolute Gasteiger partial charge is 0.469 e. The van der Waals surface area contributed by atoms with Crippen LogP contribution in [-0.2, 0) is 0 Å². The van der Waals surface area contributed by atoms with E-state index in [0.29, 0.717) is 11.8 Å². The van der Waals surface area contributed by atoms with Crippen LogP contribution >= 0.6 is 31.9 Å². The molecule has 0 saturated heterocycles. The third-order valence-corrected chi connectivity index (χ3v) is 4.69. The summed E-state index contributed by atoms with van der Waals surface area (Å²) < 4.78 is 5.38. The molecule has 1 saturated carbocycles. The Labute approximate surface area is 82.4 Å². The minimum absolute atomic E-state index is 0.0812. The van der Waals surface area contributed by atoms with Crippen molar-refractivity contribution in [1.29, 1.82) is 0 Å². The Kier molecular flexibility index (Phi) is 1.69. The molecule has 3 heteroatoms. The van der Waals surface area contributed by atoms with Crippen LogP contribution in [0.4, 0.5) is 0 Å². The quantitative estimate of drug-likeness (QED) is 0.717. The van der Waals surface area contributed by atoms with E-state index in [2.05, 4.69) is 38.8 Å². The molecule has 1 aromatic rings. The lowest BCUT2D eigenvalue weighted by Gasteiger charge is -1.93. The summed E-state index contributed by atoms with van der Waals surface area (Å²) in [5.74, 6) is 2.15. The summed E-state index contributed by atoms with van der Waals surface area (Å²) in [6.07, 6.45) is 1.72. The Morgan fingerprint density at radius 1 is 1.55 bits per heavy atom. The van der Waals surface area contributed by atoms with Crippen molar-refractivity contribution in [2.24, 2.45) is 5.92 Å². The molecule has 1 heterocycles. The van der Waals surface area contributed by atoms with Gasteiger partial charge in [-0.3, -0.25) is 0 Å². The van der Waals surface area contributed by atoms with Gasteiger partial charge in [0.25, 0.3) is 0 Å². The van der Waals surface area contributed by atoms with Crippen LogP contribution in [-0.4, -0.2) is 3.23 Å². The number of rotatable bonds is 1. The first-order chi connectivity index (χ1) is 5.14. The summed E-state index contributed by atoms with van der Waals surface area (Å²) in [6.45, 7) is 2.19. The molecule has 0 aliphatic heterocycles. The highest BCUT2D eigenvalue weighted by Crippen LogP contribution is 2.67. The van der Waals surface area contributed by atoms with E-state index in [-0.39, 0.29) is 3.23 Å². The van der Waals surface area contributed by atoms with E-state index in [1.54, 1.807) is 6.26 Å². The van der Waals surface area contributed by atoms with Gasteiger partial charge in [-0.1, -0.05) is 38.8 Å². The van der Waals surface area contributed by atoms with Gasteiger partial charge in [-0.2, -0.15) is 0 Å². The van der Waals surface area contributed by atoms with Gasteiger partial charge in [-0.15, -0.1) is 0 Å². The van der Waals surface area contributed by atoms with Crippen LogP contribution < -0.4 is 0 Å². The topological polar surface area (TPSA) is 13.1 Å². The van der Waals surface area contributed by atoms with E-state index < -0.39 is 0 Å². The molecule has 11 heavy (non-hydrogen) atoms. The van der Waals surface area contributed by atoms with Crippen LogP contribution in [0.25, 0.3) is 0 Å². The zero-order valence-corrected chi connectivity index (χ0v) is 9.22. The van der Waals surface area contributed by atoms with Gasteiger partial charge in [0.05, 0.1) is 9.50 Å². The van der Waals surface area contributed by atoms with E-state index in [1.807, 2.05) is 12.1 Å². The van der Waals surface area contributed by atoms with Gasteiger partial charge in [-0.25, -0.2) is 0 Å². The Bertz CT molecular complexity index is 253. The zero-order valence-electron chi connectivity index (χ0n) is 6.05. The number of furan rings is 1. The highest BCUT2D eigenvalue weighted by molar-refractivity contribution is 9.25. The molecule has 0 bridgehead atoms. The molecule has 60 valence electrons. The van der Waals surface area contributed by atoms with Crippen LogP contribution in [0.15, 0.2) is 22.8 Å². The lowest BCUT2D eigenvalue weighted by molar-refractivity contribution is 0.506. The monoisotopic (exact) mass is 278 g/mol. The van der Waals surface area contributed by atoms with Crippen molar-refractivity contribution < 1.29 is 4.42 Å². The van der Waals surface area contributed by atoms with Crippen LogP contribution in [0.1, 0.15) is 18.6 Å². The maximum Gasteiger partial charge on any atom is 0.109 e. The van der Waals surface area contributed by atoms with Gasteiger partial charge in [0, 0.05) is 5.92 Å². The Morgan fingerprint density at radius 3 is 2.55 bits per heavy atom. The molecule has 1 aliphatic carbocycles. The summed E-state index contributed by atoms with van der Waals surface area (Å²) in [7, 11) is 0. The Hall–Kier alpha value is 0.240. The van der Waals surface area contributed by atoms with E-state index in [9.17, 15) is 0 Å². The van der Waals surface area contributed by atoms with Gasteiger partial charge in [-0.05, 0) is 18.1 Å². The molecule has 0 N–H and O–H groups in total. The molecule has 2 rings (SSSR count). The highest BCUT2D eigenvalue weighted by atomic mass is 79.9. The molecule has 1 aromatic heterocycles. The predicted molar refractivity (Wildman–Crippen MR) is 51.2 cm³/mol. The molecular formula is C8H8Br2O. The minimum atomic E-state index is 0.0812. The molecule has 0 spiro atoms. The van der Waals surface area contributed by atoms with Crippen molar-refractivity contribution in [3.63, 3.8) is 0 Å². The Morgan fingerprint density at radius 2 is 2.18 bits per heavy atom. The minimum Gasteiger partial charge on any atom is -0.469 e. The molecular weight excluding hydrogens is 272 g/mol. The number of halogens is 2. The summed E-state index contributed by atoms with van der Waals surface area (Å²) >= 11 is 7.19. The maximum atomic E-state index is 5.30. The van der Waals surface area contributed by atoms with Crippen molar-refractivity contribution in [1.82, 2.24) is 0 Å². The van der Waals surface area contributed by atoms with Crippen molar-refractivity contribution in [2.75, 3.05) is 0 Å². The summed E-state index contributed by atoms with van der Waals surface area (Å²) in [5, 5.41) is 0. The van der Waals surface area contributed by atoms with Gasteiger partial charge < -0.3 is 4.42 Å². The maximum absolute atomic E-state index is 5.30. The Balaban J connectivity index is 2.23. The van der Waals surface area contributed by atoms with Crippen LogP contribution in [0.3, 0.4) is 0 Å². The van der Waals surface area contributed by atoms with Crippen LogP contribution in [0, 0.1) is 5.92 Å². The lowest BCUT2D eigenvalue weighted by atomic mass is 10.3. The lowest BCUT2D eigenvalue weighted by Crippen LogP contribution is -1.85. The van der Waals surface area contributed by atoms with Gasteiger partial charge >= 0.3 is 0 Å². The molecule has 0 radical (unpaired) electrons. The van der Waals surface area contributed by atoms with E-state index in [1.165, 1.54) is 0 Å². The number of hydrogen-bond donors (Lipinski definition) is 0. The molecule has 0 aromatic carbocycles. The zero-order chi connectivity index (χ0) is 8.06. The molecule has 1 aliphatic rings. The predicted octanol–water partition coefficient (Wildman–Crippen LogP) is 3.50. The van der Waals surface area contributed by atoms with Crippen molar-refractivity contribution in [3.8, 4) is 0 Å². The summed E-state index contributed by atoms with van der Waals surface area (Å²) in [5.41, 5.74) is 0. The molecule has 0 amide bonds. The first-order valence-corrected chi connectivity index (χ1v) is 5.14. The SMILES string of the molecule is CC1C(c2ccco2)C1(Br)Br. The second-order valence-electron chi connectivity index (χ2n) is 2.96. The fourth-order valence-corrected chi connectivity index (χ4v) is 2.89. The van der Waals surface area contributed by atoms with Gasteiger partial charge in [0.15, 0.2) is 0 Å². The second kappa shape index (κ2) is 2.36. The molecule has 1 fully saturated rings. The van der Waals surface area contributed by atoms with E-state index in [4.69, 9.17) is 4.42 Å². The molecule has 1 nitrogen and oxygen atoms in total. The summed E-state index contributed by atoms with van der Waals surface area (Å²) in [6, 6.07) is 3.95. The van der Waals surface area contributed by atoms with Crippen molar-refractivity contribution in [2.45, 2.75) is 16.1 Å². The number of alkyl halides is 2. The smallest absolute Gasteiger partial charge is 0.109 e. The van der Waals surface area contributed by atoms with Crippen molar-refractivity contribution in [3.05, 3.63) is 24.2 Å². The molecule has 2 atom stereocenters. The fourth-order valence-electron chi connectivity index (χ4n) is 1.38. The second-order valence-corrected chi connectivity index (χ2v) is 6.64. The third-order valence-electron chi connectivity index (χ3n) is 2.26. The molecule has 2 unspecified atom stereocenters. The number of hydrogen-bond acceptors (Lipinski definition) is 1. The normalized spacial score (nSPS) is 33.7. The first kappa shape index (κ1) is 7.87. The average molecular weight is 280 g/mol. The highest BCUT2D eigenvalue weighted by Gasteiger charge is 2.61.